The second-order valence-electron chi connectivity index (χ2n) is 8.16. The molecule has 7 nitrogen and oxygen atoms in total. The highest BCUT2D eigenvalue weighted by Crippen LogP contribution is 2.34. The highest BCUT2D eigenvalue weighted by molar-refractivity contribution is 7.92. The van der Waals surface area contributed by atoms with Gasteiger partial charge < -0.3 is 4.74 Å². The Kier molecular flexibility index (Phi) is 5.46. The van der Waals surface area contributed by atoms with Crippen LogP contribution in [0.4, 0.5) is 0 Å². The van der Waals surface area contributed by atoms with Crippen LogP contribution in [0.2, 0.25) is 0 Å². The summed E-state index contributed by atoms with van der Waals surface area (Å²) < 4.78 is 31.3. The zero-order valence-corrected chi connectivity index (χ0v) is 17.4. The van der Waals surface area contributed by atoms with Crippen molar-refractivity contribution in [3.05, 3.63) is 34.9 Å². The molecule has 2 aliphatic rings. The van der Waals surface area contributed by atoms with E-state index in [1.54, 1.807) is 0 Å². The summed E-state index contributed by atoms with van der Waals surface area (Å²) >= 11 is 0. The minimum absolute atomic E-state index is 0.198. The molecule has 2 fully saturated rings. The number of methoxy groups -OCH3 is 1. The fourth-order valence-electron chi connectivity index (χ4n) is 4.28. The summed E-state index contributed by atoms with van der Waals surface area (Å²) in [6.45, 7) is 0. The van der Waals surface area contributed by atoms with Crippen LogP contribution in [0.3, 0.4) is 0 Å². The maximum absolute atomic E-state index is 13.1. The highest BCUT2D eigenvalue weighted by atomic mass is 32.2. The lowest BCUT2D eigenvalue weighted by Crippen LogP contribution is -2.32. The van der Waals surface area contributed by atoms with Crippen molar-refractivity contribution in [2.24, 2.45) is 5.92 Å². The van der Waals surface area contributed by atoms with Crippen LogP contribution in [0.1, 0.15) is 57.4 Å². The summed E-state index contributed by atoms with van der Waals surface area (Å²) in [5.41, 5.74) is -0.0224. The molecule has 0 spiro atoms. The molecule has 2 aromatic rings. The quantitative estimate of drug-likeness (QED) is 0.669. The molecule has 4 rings (SSSR count). The van der Waals surface area contributed by atoms with E-state index in [-0.39, 0.29) is 15.7 Å². The van der Waals surface area contributed by atoms with Crippen molar-refractivity contribution >= 4 is 26.7 Å². The minimum Gasteiger partial charge on any atom is -0.467 e. The number of ether oxygens (including phenoxy) is 1. The largest absolute Gasteiger partial charge is 0.467 e. The number of hydrogen-bond acceptors (Lipinski definition) is 6. The second kappa shape index (κ2) is 7.89. The van der Waals surface area contributed by atoms with E-state index in [9.17, 15) is 18.0 Å². The molecule has 2 aliphatic carbocycles. The molecule has 8 heteroatoms. The normalized spacial score (nSPS) is 19.2. The van der Waals surface area contributed by atoms with Crippen molar-refractivity contribution < 1.29 is 17.9 Å². The fraction of sp³-hybridized carbons (Fsp3) is 0.571. The van der Waals surface area contributed by atoms with Gasteiger partial charge in [0.1, 0.15) is 6.04 Å². The van der Waals surface area contributed by atoms with Crippen LogP contribution in [-0.4, -0.2) is 36.3 Å². The predicted octanol–water partition coefficient (Wildman–Crippen LogP) is 3.02. The first-order valence-corrected chi connectivity index (χ1v) is 11.8. The van der Waals surface area contributed by atoms with Gasteiger partial charge in [-0.2, -0.15) is 0 Å². The molecule has 0 amide bonds. The van der Waals surface area contributed by atoms with Gasteiger partial charge in [-0.15, -0.1) is 0 Å². The molecular formula is C21H26N2O5S. The van der Waals surface area contributed by atoms with Crippen molar-refractivity contribution in [2.75, 3.05) is 7.11 Å². The summed E-state index contributed by atoms with van der Waals surface area (Å²) in [5.74, 6) is -0.0757. The van der Waals surface area contributed by atoms with E-state index >= 15 is 0 Å². The van der Waals surface area contributed by atoms with E-state index in [2.05, 4.69) is 4.98 Å². The lowest BCUT2D eigenvalue weighted by atomic mass is 9.84. The van der Waals surface area contributed by atoms with Crippen LogP contribution in [0, 0.1) is 5.92 Å². The van der Waals surface area contributed by atoms with Crippen molar-refractivity contribution in [3.63, 3.8) is 0 Å². The first-order valence-electron chi connectivity index (χ1n) is 10.2. The van der Waals surface area contributed by atoms with Gasteiger partial charge in [-0.25, -0.2) is 18.2 Å². The molecule has 156 valence electrons. The van der Waals surface area contributed by atoms with E-state index in [1.165, 1.54) is 42.6 Å². The standard InChI is InChI=1S/C21H26N2O5S/c1-28-21(25)19(11-14-5-3-2-4-6-14)23-13-22-18-12-16(9-10-17(18)20(23)24)29(26,27)15-7-8-15/h9-10,12-15,19H,2-8,11H2,1H3. The zero-order chi connectivity index (χ0) is 20.6. The van der Waals surface area contributed by atoms with Gasteiger partial charge in [-0.3, -0.25) is 9.36 Å². The average Bonchev–Trinajstić information content (AvgIpc) is 3.59. The molecule has 1 atom stereocenters. The van der Waals surface area contributed by atoms with E-state index in [0.29, 0.717) is 36.1 Å². The van der Waals surface area contributed by atoms with Crippen molar-refractivity contribution in [2.45, 2.75) is 67.6 Å². The number of carbonyl (C=O) groups is 1. The minimum atomic E-state index is -3.36. The topological polar surface area (TPSA) is 95.3 Å². The van der Waals surface area contributed by atoms with Gasteiger partial charge in [-0.1, -0.05) is 32.1 Å². The predicted molar refractivity (Wildman–Crippen MR) is 108 cm³/mol. The summed E-state index contributed by atoms with van der Waals surface area (Å²) in [7, 11) is -2.03. The third-order valence-electron chi connectivity index (χ3n) is 6.14. The van der Waals surface area contributed by atoms with E-state index in [4.69, 9.17) is 4.74 Å². The lowest BCUT2D eigenvalue weighted by molar-refractivity contribution is -0.145. The number of fused-ring (bicyclic) bond motifs is 1. The molecular weight excluding hydrogens is 392 g/mol. The van der Waals surface area contributed by atoms with Crippen LogP contribution in [0.5, 0.6) is 0 Å². The van der Waals surface area contributed by atoms with Crippen LogP contribution in [0.25, 0.3) is 10.9 Å². The van der Waals surface area contributed by atoms with E-state index < -0.39 is 21.8 Å². The molecule has 0 saturated heterocycles. The zero-order valence-electron chi connectivity index (χ0n) is 16.5. The Morgan fingerprint density at radius 3 is 2.59 bits per heavy atom. The third-order valence-corrected chi connectivity index (χ3v) is 8.40. The monoisotopic (exact) mass is 418 g/mol. The number of esters is 1. The first kappa shape index (κ1) is 20.1. The first-order chi connectivity index (χ1) is 13.9. The van der Waals surface area contributed by atoms with Gasteiger partial charge in [0.2, 0.25) is 0 Å². The van der Waals surface area contributed by atoms with Gasteiger partial charge in [-0.05, 0) is 43.4 Å². The Hall–Kier alpha value is -2.22. The Balaban J connectivity index is 1.70. The molecule has 0 bridgehead atoms. The Morgan fingerprint density at radius 2 is 1.93 bits per heavy atom. The van der Waals surface area contributed by atoms with Gasteiger partial charge in [0.25, 0.3) is 5.56 Å². The molecule has 0 aliphatic heterocycles. The Labute approximate surface area is 170 Å². The van der Waals surface area contributed by atoms with Crippen molar-refractivity contribution in [1.29, 1.82) is 0 Å². The number of carbonyl (C=O) groups excluding carboxylic acids is 1. The number of rotatable bonds is 6. The Bertz CT molecular complexity index is 1080. The number of nitrogens with zero attached hydrogens (tertiary/aromatic N) is 2. The Morgan fingerprint density at radius 1 is 1.21 bits per heavy atom. The van der Waals surface area contributed by atoms with E-state index in [1.807, 2.05) is 0 Å². The van der Waals surface area contributed by atoms with Crippen LogP contribution >= 0.6 is 0 Å². The second-order valence-corrected chi connectivity index (χ2v) is 10.4. The molecule has 1 aromatic carbocycles. The molecule has 1 unspecified atom stereocenters. The number of benzene rings is 1. The smallest absolute Gasteiger partial charge is 0.329 e. The molecule has 0 radical (unpaired) electrons. The van der Waals surface area contributed by atoms with Gasteiger partial charge >= 0.3 is 5.97 Å². The van der Waals surface area contributed by atoms with Crippen LogP contribution in [-0.2, 0) is 19.4 Å². The molecule has 0 N–H and O–H groups in total. The summed E-state index contributed by atoms with van der Waals surface area (Å²) in [6.07, 6.45) is 8.84. The summed E-state index contributed by atoms with van der Waals surface area (Å²) in [6, 6.07) is 3.72. The fourth-order valence-corrected chi connectivity index (χ4v) is 5.96. The van der Waals surface area contributed by atoms with E-state index in [0.717, 1.165) is 25.7 Å². The van der Waals surface area contributed by atoms with Crippen LogP contribution in [0.15, 0.2) is 34.2 Å². The number of hydrogen-bond donors (Lipinski definition) is 0. The average molecular weight is 419 g/mol. The maximum Gasteiger partial charge on any atom is 0.329 e. The maximum atomic E-state index is 13.1. The molecule has 1 heterocycles. The molecule has 29 heavy (non-hydrogen) atoms. The highest BCUT2D eigenvalue weighted by Gasteiger charge is 2.37. The SMILES string of the molecule is COC(=O)C(CC1CCCCC1)n1cnc2cc(S(=O)(=O)C3CC3)ccc2c1=O. The van der Waals surface area contributed by atoms with Crippen molar-refractivity contribution in [3.8, 4) is 0 Å². The van der Waals surface area contributed by atoms with Gasteiger partial charge in [0, 0.05) is 0 Å². The van der Waals surface area contributed by atoms with Crippen LogP contribution < -0.4 is 5.56 Å². The lowest BCUT2D eigenvalue weighted by Gasteiger charge is -2.26. The summed E-state index contributed by atoms with van der Waals surface area (Å²) in [5, 5.41) is -0.0145. The van der Waals surface area contributed by atoms with Crippen molar-refractivity contribution in [1.82, 2.24) is 9.55 Å². The molecule has 1 aromatic heterocycles. The van der Waals surface area contributed by atoms with Gasteiger partial charge in [0.05, 0.1) is 34.5 Å². The third kappa shape index (κ3) is 3.95. The van der Waals surface area contributed by atoms with Gasteiger partial charge in [0.15, 0.2) is 9.84 Å². The number of aromatic nitrogens is 2. The summed E-state index contributed by atoms with van der Waals surface area (Å²) in [4.78, 5) is 30.1. The number of sulfone groups is 1. The molecule has 2 saturated carbocycles.